The lowest BCUT2D eigenvalue weighted by molar-refractivity contribution is -0.126. The van der Waals surface area contributed by atoms with Crippen LogP contribution in [0.25, 0.3) is 0 Å². The van der Waals surface area contributed by atoms with E-state index in [1.54, 1.807) is 0 Å². The number of ether oxygens (including phenoxy) is 1. The molecular formula is C7H15N3O3. The Kier molecular flexibility index (Phi) is 5.82. The number of carbonyl (C=O) groups is 2. The van der Waals surface area contributed by atoms with Crippen LogP contribution in [0.4, 0.5) is 0 Å². The summed E-state index contributed by atoms with van der Waals surface area (Å²) in [6.45, 7) is 0.789. The summed E-state index contributed by atoms with van der Waals surface area (Å²) in [7, 11) is 1.52. The summed E-state index contributed by atoms with van der Waals surface area (Å²) in [6, 6.07) is -0.866. The smallest absolute Gasteiger partial charge is 0.237 e. The lowest BCUT2D eigenvalue weighted by atomic mass is 10.2. The van der Waals surface area contributed by atoms with Gasteiger partial charge >= 0.3 is 0 Å². The van der Waals surface area contributed by atoms with Crippen LogP contribution in [0.5, 0.6) is 0 Å². The van der Waals surface area contributed by atoms with E-state index < -0.39 is 17.9 Å². The summed E-state index contributed by atoms with van der Waals surface area (Å²) in [5, 5.41) is 2.49. The molecule has 0 fully saturated rings. The van der Waals surface area contributed by atoms with Crippen molar-refractivity contribution in [3.05, 3.63) is 0 Å². The van der Waals surface area contributed by atoms with Crippen molar-refractivity contribution < 1.29 is 14.3 Å². The topological polar surface area (TPSA) is 107 Å². The molecule has 5 N–H and O–H groups in total. The molecule has 0 saturated carbocycles. The third kappa shape index (κ3) is 6.06. The first kappa shape index (κ1) is 11.9. The van der Waals surface area contributed by atoms with E-state index in [0.717, 1.165) is 0 Å². The van der Waals surface area contributed by atoms with Crippen LogP contribution in [0, 0.1) is 0 Å². The Hall–Kier alpha value is -1.14. The molecule has 0 radical (unpaired) electrons. The molecule has 0 heterocycles. The maximum Gasteiger partial charge on any atom is 0.237 e. The van der Waals surface area contributed by atoms with Gasteiger partial charge in [-0.15, -0.1) is 0 Å². The summed E-state index contributed by atoms with van der Waals surface area (Å²) in [5.41, 5.74) is 10.2. The van der Waals surface area contributed by atoms with Crippen LogP contribution in [0.15, 0.2) is 0 Å². The molecule has 0 saturated heterocycles. The Bertz CT molecular complexity index is 184. The predicted octanol–water partition coefficient (Wildman–Crippen LogP) is -2.05. The van der Waals surface area contributed by atoms with E-state index in [1.807, 2.05) is 0 Å². The third-order valence-corrected chi connectivity index (χ3v) is 1.36. The Morgan fingerprint density at radius 2 is 2.15 bits per heavy atom. The Morgan fingerprint density at radius 3 is 2.62 bits per heavy atom. The number of methoxy groups -OCH3 is 1. The van der Waals surface area contributed by atoms with E-state index in [1.165, 1.54) is 7.11 Å². The molecule has 0 bridgehead atoms. The highest BCUT2D eigenvalue weighted by Gasteiger charge is 2.14. The number of rotatable bonds is 6. The van der Waals surface area contributed by atoms with Gasteiger partial charge < -0.3 is 21.5 Å². The lowest BCUT2D eigenvalue weighted by Crippen LogP contribution is -2.43. The molecule has 0 aliphatic heterocycles. The van der Waals surface area contributed by atoms with E-state index in [4.69, 9.17) is 16.2 Å². The molecule has 0 aromatic carbocycles. The maximum absolute atomic E-state index is 11.1. The molecule has 76 valence electrons. The zero-order valence-electron chi connectivity index (χ0n) is 7.58. The average Bonchev–Trinajstić information content (AvgIpc) is 2.03. The molecule has 0 aromatic rings. The number of hydrogen-bond donors (Lipinski definition) is 3. The summed E-state index contributed by atoms with van der Waals surface area (Å²) in [6.07, 6.45) is -0.140. The lowest BCUT2D eigenvalue weighted by Gasteiger charge is -2.09. The maximum atomic E-state index is 11.1. The first-order valence-corrected chi connectivity index (χ1v) is 3.88. The van der Waals surface area contributed by atoms with Crippen LogP contribution < -0.4 is 16.8 Å². The van der Waals surface area contributed by atoms with Gasteiger partial charge in [-0.25, -0.2) is 0 Å². The number of nitrogens with one attached hydrogen (secondary N) is 1. The highest BCUT2D eigenvalue weighted by molar-refractivity contribution is 5.87. The van der Waals surface area contributed by atoms with Gasteiger partial charge in [0.2, 0.25) is 11.8 Å². The van der Waals surface area contributed by atoms with Gasteiger partial charge in [0.15, 0.2) is 0 Å². The summed E-state index contributed by atoms with van der Waals surface area (Å²) in [5.74, 6) is -0.981. The van der Waals surface area contributed by atoms with Gasteiger partial charge in [0, 0.05) is 13.7 Å². The largest absolute Gasteiger partial charge is 0.383 e. The normalized spacial score (nSPS) is 12.2. The van der Waals surface area contributed by atoms with Crippen molar-refractivity contribution in [1.29, 1.82) is 0 Å². The van der Waals surface area contributed by atoms with Gasteiger partial charge in [0.1, 0.15) is 0 Å². The number of primary amides is 1. The van der Waals surface area contributed by atoms with E-state index >= 15 is 0 Å². The molecule has 0 spiro atoms. The second-order valence-electron chi connectivity index (χ2n) is 2.56. The monoisotopic (exact) mass is 189 g/mol. The van der Waals surface area contributed by atoms with Gasteiger partial charge in [-0.1, -0.05) is 0 Å². The summed E-state index contributed by atoms with van der Waals surface area (Å²) < 4.78 is 4.71. The van der Waals surface area contributed by atoms with E-state index in [9.17, 15) is 9.59 Å². The zero-order valence-corrected chi connectivity index (χ0v) is 7.58. The van der Waals surface area contributed by atoms with E-state index in [-0.39, 0.29) is 6.42 Å². The van der Waals surface area contributed by atoms with Crippen LogP contribution in [0.3, 0.4) is 0 Å². The van der Waals surface area contributed by atoms with Gasteiger partial charge in [-0.3, -0.25) is 9.59 Å². The minimum Gasteiger partial charge on any atom is -0.383 e. The van der Waals surface area contributed by atoms with Crippen LogP contribution in [0.2, 0.25) is 0 Å². The van der Waals surface area contributed by atoms with Gasteiger partial charge in [0.05, 0.1) is 19.1 Å². The number of hydrogen-bond acceptors (Lipinski definition) is 4. The standard InChI is InChI=1S/C7H15N3O3/c1-13-3-2-10-7(12)5(8)4-6(9)11/h5H,2-4,8H2,1H3,(H2,9,11)(H,10,12)/t5-/m0/s1. The fraction of sp³-hybridized carbons (Fsp3) is 0.714. The van der Waals surface area contributed by atoms with Gasteiger partial charge in [0.25, 0.3) is 0 Å². The van der Waals surface area contributed by atoms with Crippen molar-refractivity contribution in [1.82, 2.24) is 5.32 Å². The van der Waals surface area contributed by atoms with Gasteiger partial charge in [-0.05, 0) is 0 Å². The molecule has 0 aliphatic carbocycles. The molecule has 0 aliphatic rings. The fourth-order valence-corrected chi connectivity index (χ4v) is 0.717. The molecule has 6 heteroatoms. The van der Waals surface area contributed by atoms with Crippen molar-refractivity contribution in [2.75, 3.05) is 20.3 Å². The second kappa shape index (κ2) is 6.38. The Morgan fingerprint density at radius 1 is 1.54 bits per heavy atom. The summed E-state index contributed by atoms with van der Waals surface area (Å²) >= 11 is 0. The Labute approximate surface area is 76.6 Å². The fourth-order valence-electron chi connectivity index (χ4n) is 0.717. The molecule has 6 nitrogen and oxygen atoms in total. The first-order chi connectivity index (χ1) is 6.07. The Balaban J connectivity index is 3.63. The highest BCUT2D eigenvalue weighted by atomic mass is 16.5. The zero-order chi connectivity index (χ0) is 10.3. The van der Waals surface area contributed by atoms with E-state index in [2.05, 4.69) is 5.32 Å². The molecular weight excluding hydrogens is 174 g/mol. The molecule has 13 heavy (non-hydrogen) atoms. The summed E-state index contributed by atoms with van der Waals surface area (Å²) in [4.78, 5) is 21.4. The van der Waals surface area contributed by atoms with E-state index in [0.29, 0.717) is 13.2 Å². The predicted molar refractivity (Wildman–Crippen MR) is 46.7 cm³/mol. The average molecular weight is 189 g/mol. The van der Waals surface area contributed by atoms with Crippen LogP contribution in [-0.2, 0) is 14.3 Å². The molecule has 0 unspecified atom stereocenters. The van der Waals surface area contributed by atoms with Crippen LogP contribution in [-0.4, -0.2) is 38.1 Å². The minimum absolute atomic E-state index is 0.140. The van der Waals surface area contributed by atoms with Crippen molar-refractivity contribution >= 4 is 11.8 Å². The van der Waals surface area contributed by atoms with Crippen molar-refractivity contribution in [2.45, 2.75) is 12.5 Å². The van der Waals surface area contributed by atoms with Crippen molar-refractivity contribution in [2.24, 2.45) is 11.5 Å². The van der Waals surface area contributed by atoms with Crippen LogP contribution >= 0.6 is 0 Å². The number of amides is 2. The third-order valence-electron chi connectivity index (χ3n) is 1.36. The second-order valence-corrected chi connectivity index (χ2v) is 2.56. The quantitative estimate of drug-likeness (QED) is 0.418. The SMILES string of the molecule is COCCNC(=O)[C@@H](N)CC(N)=O. The molecule has 1 atom stereocenters. The molecule has 0 aromatic heterocycles. The number of carbonyl (C=O) groups excluding carboxylic acids is 2. The first-order valence-electron chi connectivity index (χ1n) is 3.88. The minimum atomic E-state index is -0.866. The van der Waals surface area contributed by atoms with Crippen molar-refractivity contribution in [3.63, 3.8) is 0 Å². The van der Waals surface area contributed by atoms with Crippen molar-refractivity contribution in [3.8, 4) is 0 Å². The highest BCUT2D eigenvalue weighted by Crippen LogP contribution is 1.86. The number of nitrogens with two attached hydrogens (primary N) is 2. The molecule has 2 amide bonds. The van der Waals surface area contributed by atoms with Crippen LogP contribution in [0.1, 0.15) is 6.42 Å². The molecule has 0 rings (SSSR count). The van der Waals surface area contributed by atoms with Gasteiger partial charge in [-0.2, -0.15) is 0 Å².